The van der Waals surface area contributed by atoms with E-state index in [2.05, 4.69) is 0 Å². The Morgan fingerprint density at radius 2 is 2.10 bits per heavy atom. The van der Waals surface area contributed by atoms with Crippen molar-refractivity contribution in [1.29, 1.82) is 0 Å². The van der Waals surface area contributed by atoms with E-state index in [0.717, 1.165) is 5.56 Å². The molecule has 2 aromatic rings. The predicted octanol–water partition coefficient (Wildman–Crippen LogP) is 3.66. The Morgan fingerprint density at radius 1 is 1.29 bits per heavy atom. The van der Waals surface area contributed by atoms with Gasteiger partial charge in [0.2, 0.25) is 0 Å². The smallest absolute Gasteiger partial charge is 0.407 e. The molecule has 8 heteroatoms. The monoisotopic (exact) mass is 431 g/mol. The van der Waals surface area contributed by atoms with E-state index in [4.69, 9.17) is 14.2 Å². The van der Waals surface area contributed by atoms with Crippen LogP contribution in [0.1, 0.15) is 18.1 Å². The van der Waals surface area contributed by atoms with Gasteiger partial charge < -0.3 is 24.2 Å². The van der Waals surface area contributed by atoms with Crippen LogP contribution in [-0.4, -0.2) is 61.1 Å². The fourth-order valence-electron chi connectivity index (χ4n) is 3.59. The van der Waals surface area contributed by atoms with Crippen molar-refractivity contribution in [3.05, 3.63) is 53.3 Å². The van der Waals surface area contributed by atoms with Crippen molar-refractivity contribution in [2.75, 3.05) is 32.9 Å². The van der Waals surface area contributed by atoms with Crippen molar-refractivity contribution in [3.63, 3.8) is 0 Å². The highest BCUT2D eigenvalue weighted by Gasteiger charge is 2.26. The lowest BCUT2D eigenvalue weighted by Gasteiger charge is -2.31. The molecule has 2 aromatic carbocycles. The normalized spacial score (nSPS) is 16.1. The number of rotatable bonds is 7. The molecule has 7 nitrogen and oxygen atoms in total. The summed E-state index contributed by atoms with van der Waals surface area (Å²) in [5.74, 6) is -1.21. The number of halogens is 1. The van der Waals surface area contributed by atoms with Gasteiger partial charge in [-0.25, -0.2) is 14.0 Å². The molecular weight excluding hydrogens is 405 g/mol. The van der Waals surface area contributed by atoms with Crippen LogP contribution in [-0.2, 0) is 20.7 Å². The van der Waals surface area contributed by atoms with Crippen LogP contribution >= 0.6 is 0 Å². The molecule has 1 unspecified atom stereocenters. The summed E-state index contributed by atoms with van der Waals surface area (Å²) in [6.07, 6.45) is -1.05. The summed E-state index contributed by atoms with van der Waals surface area (Å²) in [6.45, 7) is 4.24. The number of hydrogen-bond acceptors (Lipinski definition) is 5. The van der Waals surface area contributed by atoms with Crippen LogP contribution in [0.5, 0.6) is 5.75 Å². The van der Waals surface area contributed by atoms with Crippen molar-refractivity contribution in [1.82, 2.24) is 4.90 Å². The largest absolute Gasteiger partial charge is 0.479 e. The van der Waals surface area contributed by atoms with Gasteiger partial charge in [-0.3, -0.25) is 0 Å². The summed E-state index contributed by atoms with van der Waals surface area (Å²) in [5, 5.41) is 9.26. The standard InChI is InChI=1S/C23H26FNO6/c1-3-29-20(26)14-31-19-8-7-17(12-18-13-25(23(27)28)9-10-30-18)21(22(19)24)16-6-4-5-15(2)11-16/h4-8,11,18H,3,9-10,12-14H2,1-2H3,(H,27,28). The number of nitrogens with zero attached hydrogens (tertiary/aromatic N) is 1. The summed E-state index contributed by atoms with van der Waals surface area (Å²) in [7, 11) is 0. The third-order valence-electron chi connectivity index (χ3n) is 5.01. The first-order valence-electron chi connectivity index (χ1n) is 10.1. The highest BCUT2D eigenvalue weighted by atomic mass is 19.1. The highest BCUT2D eigenvalue weighted by molar-refractivity contribution is 5.73. The molecule has 166 valence electrons. The SMILES string of the molecule is CCOC(=O)COc1ccc(CC2CN(C(=O)O)CCO2)c(-c2cccc(C)c2)c1F. The number of carbonyl (C=O) groups excluding carboxylic acids is 1. The van der Waals surface area contributed by atoms with E-state index in [1.807, 2.05) is 25.1 Å². The maximum atomic E-state index is 15.5. The van der Waals surface area contributed by atoms with Crippen molar-refractivity contribution in [2.24, 2.45) is 0 Å². The number of ether oxygens (including phenoxy) is 3. The second kappa shape index (κ2) is 10.3. The summed E-state index contributed by atoms with van der Waals surface area (Å²) in [6, 6.07) is 10.6. The van der Waals surface area contributed by atoms with Crippen molar-refractivity contribution in [3.8, 4) is 16.9 Å². The molecule has 0 bridgehead atoms. The van der Waals surface area contributed by atoms with Crippen LogP contribution in [0.25, 0.3) is 11.1 Å². The molecule has 0 radical (unpaired) electrons. The van der Waals surface area contributed by atoms with Crippen LogP contribution < -0.4 is 4.74 Å². The Hall–Kier alpha value is -3.13. The fraction of sp³-hybridized carbons (Fsp3) is 0.391. The Bertz CT molecular complexity index is 948. The van der Waals surface area contributed by atoms with Gasteiger partial charge in [0, 0.05) is 18.5 Å². The summed E-state index contributed by atoms with van der Waals surface area (Å²) >= 11 is 0. The second-order valence-electron chi connectivity index (χ2n) is 7.30. The van der Waals surface area contributed by atoms with Gasteiger partial charge in [-0.2, -0.15) is 0 Å². The summed E-state index contributed by atoms with van der Waals surface area (Å²) < 4.78 is 31.5. The van der Waals surface area contributed by atoms with Crippen LogP contribution in [0.3, 0.4) is 0 Å². The number of esters is 1. The Kier molecular flexibility index (Phi) is 7.46. The second-order valence-corrected chi connectivity index (χ2v) is 7.30. The molecule has 0 aromatic heterocycles. The maximum Gasteiger partial charge on any atom is 0.407 e. The van der Waals surface area contributed by atoms with E-state index in [1.54, 1.807) is 19.1 Å². The molecule has 1 N–H and O–H groups in total. The molecule has 0 spiro atoms. The molecule has 1 heterocycles. The zero-order chi connectivity index (χ0) is 22.4. The molecule has 31 heavy (non-hydrogen) atoms. The molecule has 1 atom stereocenters. The molecule has 1 aliphatic heterocycles. The van der Waals surface area contributed by atoms with Gasteiger partial charge >= 0.3 is 12.1 Å². The van der Waals surface area contributed by atoms with E-state index >= 15 is 4.39 Å². The van der Waals surface area contributed by atoms with E-state index in [-0.39, 0.29) is 25.0 Å². The number of carboxylic acid groups (broad SMARTS) is 1. The molecule has 0 saturated carbocycles. The molecule has 3 rings (SSSR count). The zero-order valence-corrected chi connectivity index (χ0v) is 17.6. The number of hydrogen-bond donors (Lipinski definition) is 1. The lowest BCUT2D eigenvalue weighted by Crippen LogP contribution is -2.45. The van der Waals surface area contributed by atoms with Crippen LogP contribution in [0.4, 0.5) is 9.18 Å². The molecule has 1 amide bonds. The number of carbonyl (C=O) groups is 2. The highest BCUT2D eigenvalue weighted by Crippen LogP contribution is 2.34. The van der Waals surface area contributed by atoms with E-state index in [9.17, 15) is 14.7 Å². The lowest BCUT2D eigenvalue weighted by atomic mass is 9.93. The Morgan fingerprint density at radius 3 is 2.81 bits per heavy atom. The third kappa shape index (κ3) is 5.73. The van der Waals surface area contributed by atoms with Crippen LogP contribution in [0, 0.1) is 12.7 Å². The lowest BCUT2D eigenvalue weighted by molar-refractivity contribution is -0.145. The van der Waals surface area contributed by atoms with Gasteiger partial charge in [0.1, 0.15) is 0 Å². The molecule has 0 aliphatic carbocycles. The maximum absolute atomic E-state index is 15.5. The number of morpholine rings is 1. The van der Waals surface area contributed by atoms with Crippen molar-refractivity contribution in [2.45, 2.75) is 26.4 Å². The van der Waals surface area contributed by atoms with Crippen LogP contribution in [0.2, 0.25) is 0 Å². The average Bonchev–Trinajstić information content (AvgIpc) is 2.73. The van der Waals surface area contributed by atoms with Gasteiger partial charge in [0.15, 0.2) is 18.2 Å². The van der Waals surface area contributed by atoms with Crippen molar-refractivity contribution >= 4 is 12.1 Å². The molecule has 1 fully saturated rings. The Balaban J connectivity index is 1.91. The quantitative estimate of drug-likeness (QED) is 0.674. The van der Waals surface area contributed by atoms with Gasteiger partial charge in [-0.1, -0.05) is 35.9 Å². The molecular formula is C23H26FNO6. The van der Waals surface area contributed by atoms with Gasteiger partial charge in [0.05, 0.1) is 25.9 Å². The van der Waals surface area contributed by atoms with E-state index < -0.39 is 24.5 Å². The van der Waals surface area contributed by atoms with Crippen LogP contribution in [0.15, 0.2) is 36.4 Å². The Labute approximate surface area is 180 Å². The molecule has 1 aliphatic rings. The number of amides is 1. The average molecular weight is 431 g/mol. The predicted molar refractivity (Wildman–Crippen MR) is 112 cm³/mol. The van der Waals surface area contributed by atoms with E-state index in [1.165, 1.54) is 11.0 Å². The minimum atomic E-state index is -0.999. The molecule has 1 saturated heterocycles. The fourth-order valence-corrected chi connectivity index (χ4v) is 3.59. The first-order valence-corrected chi connectivity index (χ1v) is 10.1. The summed E-state index contributed by atoms with van der Waals surface area (Å²) in [5.41, 5.74) is 2.65. The topological polar surface area (TPSA) is 85.3 Å². The van der Waals surface area contributed by atoms with Gasteiger partial charge in [-0.05, 0) is 31.0 Å². The minimum absolute atomic E-state index is 0.0509. The zero-order valence-electron chi connectivity index (χ0n) is 17.6. The first-order chi connectivity index (χ1) is 14.9. The van der Waals surface area contributed by atoms with Gasteiger partial charge in [0.25, 0.3) is 0 Å². The van der Waals surface area contributed by atoms with Crippen molar-refractivity contribution < 1.29 is 33.3 Å². The minimum Gasteiger partial charge on any atom is -0.479 e. The summed E-state index contributed by atoms with van der Waals surface area (Å²) in [4.78, 5) is 24.2. The number of aryl methyl sites for hydroxylation is 1. The van der Waals surface area contributed by atoms with Gasteiger partial charge in [-0.15, -0.1) is 0 Å². The third-order valence-corrected chi connectivity index (χ3v) is 5.01. The van der Waals surface area contributed by atoms with E-state index in [0.29, 0.717) is 36.3 Å². The number of benzene rings is 2. The first kappa shape index (κ1) is 22.6.